The molecule has 1 saturated heterocycles. The van der Waals surface area contributed by atoms with Gasteiger partial charge in [-0.15, -0.1) is 0 Å². The van der Waals surface area contributed by atoms with E-state index in [1.807, 2.05) is 56.3 Å². The summed E-state index contributed by atoms with van der Waals surface area (Å²) < 4.78 is 11.5. The first-order chi connectivity index (χ1) is 13.3. The number of hydrogen-bond acceptors (Lipinski definition) is 4. The summed E-state index contributed by atoms with van der Waals surface area (Å²) in [7, 11) is 0. The van der Waals surface area contributed by atoms with E-state index in [1.165, 1.54) is 6.92 Å². The molecule has 3 rings (SSSR count). The van der Waals surface area contributed by atoms with E-state index in [4.69, 9.17) is 9.47 Å². The SMILES string of the molecule is CC(=O)NC1(/C=C/c2ccc(C(=O)c3ccccc3)cc2)COC(C)(C)OC1. The molecule has 2 aromatic rings. The van der Waals surface area contributed by atoms with Crippen LogP contribution in [0.1, 0.15) is 42.3 Å². The Balaban J connectivity index is 1.75. The van der Waals surface area contributed by atoms with Gasteiger partial charge in [0.1, 0.15) is 5.54 Å². The van der Waals surface area contributed by atoms with Crippen LogP contribution in [0.15, 0.2) is 60.7 Å². The van der Waals surface area contributed by atoms with Crippen molar-refractivity contribution in [2.75, 3.05) is 13.2 Å². The predicted molar refractivity (Wildman–Crippen MR) is 108 cm³/mol. The van der Waals surface area contributed by atoms with Gasteiger partial charge in [0, 0.05) is 18.1 Å². The molecule has 0 saturated carbocycles. The minimum Gasteiger partial charge on any atom is -0.348 e. The zero-order valence-corrected chi connectivity index (χ0v) is 16.4. The molecular formula is C23H25NO4. The van der Waals surface area contributed by atoms with Gasteiger partial charge >= 0.3 is 0 Å². The largest absolute Gasteiger partial charge is 0.348 e. The number of amides is 1. The van der Waals surface area contributed by atoms with Gasteiger partial charge in [-0.3, -0.25) is 9.59 Å². The van der Waals surface area contributed by atoms with Crippen LogP contribution in [0, 0.1) is 0 Å². The maximum atomic E-state index is 12.5. The second kappa shape index (κ2) is 8.09. The summed E-state index contributed by atoms with van der Waals surface area (Å²) in [6.07, 6.45) is 3.79. The Morgan fingerprint density at radius 3 is 2.07 bits per heavy atom. The Hall–Kier alpha value is -2.76. The first kappa shape index (κ1) is 20.0. The summed E-state index contributed by atoms with van der Waals surface area (Å²) in [4.78, 5) is 24.1. The van der Waals surface area contributed by atoms with E-state index in [2.05, 4.69) is 5.32 Å². The Labute approximate surface area is 165 Å². The van der Waals surface area contributed by atoms with Crippen molar-refractivity contribution in [1.29, 1.82) is 0 Å². The predicted octanol–water partition coefficient (Wildman–Crippen LogP) is 3.59. The van der Waals surface area contributed by atoms with Crippen LogP contribution in [0.5, 0.6) is 0 Å². The third-order valence-electron chi connectivity index (χ3n) is 4.58. The van der Waals surface area contributed by atoms with Gasteiger partial charge in [0.05, 0.1) is 13.2 Å². The summed E-state index contributed by atoms with van der Waals surface area (Å²) in [6.45, 7) is 5.80. The summed E-state index contributed by atoms with van der Waals surface area (Å²) in [5, 5.41) is 2.92. The van der Waals surface area contributed by atoms with Crippen LogP contribution in [0.4, 0.5) is 0 Å². The van der Waals surface area contributed by atoms with Gasteiger partial charge in [-0.05, 0) is 19.4 Å². The second-order valence-corrected chi connectivity index (χ2v) is 7.46. The number of carbonyl (C=O) groups excluding carboxylic acids is 2. The van der Waals surface area contributed by atoms with Crippen molar-refractivity contribution in [3.05, 3.63) is 77.4 Å². The monoisotopic (exact) mass is 379 g/mol. The van der Waals surface area contributed by atoms with Crippen molar-refractivity contribution in [3.63, 3.8) is 0 Å². The molecule has 0 spiro atoms. The average molecular weight is 379 g/mol. The van der Waals surface area contributed by atoms with E-state index in [9.17, 15) is 9.59 Å². The highest BCUT2D eigenvalue weighted by Gasteiger charge is 2.38. The van der Waals surface area contributed by atoms with E-state index in [0.29, 0.717) is 24.3 Å². The Morgan fingerprint density at radius 2 is 1.50 bits per heavy atom. The molecule has 0 aliphatic carbocycles. The topological polar surface area (TPSA) is 64.6 Å². The highest BCUT2D eigenvalue weighted by Crippen LogP contribution is 2.25. The Kier molecular flexibility index (Phi) is 5.77. The summed E-state index contributed by atoms with van der Waals surface area (Å²) in [5.74, 6) is -0.836. The molecule has 28 heavy (non-hydrogen) atoms. The molecular weight excluding hydrogens is 354 g/mol. The molecule has 0 atom stereocenters. The summed E-state index contributed by atoms with van der Waals surface area (Å²) in [6, 6.07) is 16.5. The van der Waals surface area contributed by atoms with Crippen LogP contribution in [-0.2, 0) is 14.3 Å². The zero-order chi connectivity index (χ0) is 20.2. The first-order valence-corrected chi connectivity index (χ1v) is 9.24. The van der Waals surface area contributed by atoms with Gasteiger partial charge in [0.2, 0.25) is 5.91 Å². The third-order valence-corrected chi connectivity index (χ3v) is 4.58. The van der Waals surface area contributed by atoms with Gasteiger partial charge in [-0.25, -0.2) is 0 Å². The molecule has 1 heterocycles. The maximum absolute atomic E-state index is 12.5. The number of carbonyl (C=O) groups is 2. The van der Waals surface area contributed by atoms with E-state index in [0.717, 1.165) is 5.56 Å². The molecule has 1 fully saturated rings. The number of nitrogens with one attached hydrogen (secondary N) is 1. The van der Waals surface area contributed by atoms with E-state index < -0.39 is 11.3 Å². The van der Waals surface area contributed by atoms with Gasteiger partial charge in [-0.2, -0.15) is 0 Å². The van der Waals surface area contributed by atoms with Crippen molar-refractivity contribution >= 4 is 17.8 Å². The molecule has 1 aliphatic heterocycles. The highest BCUT2D eigenvalue weighted by molar-refractivity contribution is 6.09. The molecule has 146 valence electrons. The molecule has 5 nitrogen and oxygen atoms in total. The van der Waals surface area contributed by atoms with Crippen molar-refractivity contribution < 1.29 is 19.1 Å². The number of ketones is 1. The lowest BCUT2D eigenvalue weighted by molar-refractivity contribution is -0.264. The molecule has 0 aromatic heterocycles. The first-order valence-electron chi connectivity index (χ1n) is 9.24. The normalized spacial score (nSPS) is 18.0. The summed E-state index contributed by atoms with van der Waals surface area (Å²) in [5.41, 5.74) is 1.49. The maximum Gasteiger partial charge on any atom is 0.217 e. The van der Waals surface area contributed by atoms with Crippen LogP contribution >= 0.6 is 0 Å². The fraction of sp³-hybridized carbons (Fsp3) is 0.304. The quantitative estimate of drug-likeness (QED) is 0.807. The Morgan fingerprint density at radius 1 is 0.929 bits per heavy atom. The van der Waals surface area contributed by atoms with Crippen molar-refractivity contribution in [3.8, 4) is 0 Å². The van der Waals surface area contributed by atoms with Crippen LogP contribution in [-0.4, -0.2) is 36.2 Å². The fourth-order valence-corrected chi connectivity index (χ4v) is 3.01. The average Bonchev–Trinajstić information content (AvgIpc) is 2.69. The van der Waals surface area contributed by atoms with Gasteiger partial charge < -0.3 is 14.8 Å². The fourth-order valence-electron chi connectivity index (χ4n) is 3.01. The summed E-state index contributed by atoms with van der Waals surface area (Å²) >= 11 is 0. The van der Waals surface area contributed by atoms with Gasteiger partial charge in [0.25, 0.3) is 0 Å². The van der Waals surface area contributed by atoms with E-state index in [1.54, 1.807) is 24.3 Å². The molecule has 0 bridgehead atoms. The lowest BCUT2D eigenvalue weighted by atomic mass is 9.97. The number of ether oxygens (including phenoxy) is 2. The van der Waals surface area contributed by atoms with Gasteiger partial charge in [-0.1, -0.05) is 66.7 Å². The minimum atomic E-state index is -0.722. The third kappa shape index (κ3) is 4.94. The zero-order valence-electron chi connectivity index (χ0n) is 16.4. The Bertz CT molecular complexity index is 859. The lowest BCUT2D eigenvalue weighted by Crippen LogP contribution is -2.59. The van der Waals surface area contributed by atoms with Crippen LogP contribution in [0.3, 0.4) is 0 Å². The number of rotatable bonds is 5. The van der Waals surface area contributed by atoms with E-state index in [-0.39, 0.29) is 11.7 Å². The van der Waals surface area contributed by atoms with Crippen LogP contribution in [0.25, 0.3) is 6.08 Å². The second-order valence-electron chi connectivity index (χ2n) is 7.46. The van der Waals surface area contributed by atoms with Crippen molar-refractivity contribution in [2.24, 2.45) is 0 Å². The molecule has 1 amide bonds. The molecule has 5 heteroatoms. The van der Waals surface area contributed by atoms with E-state index >= 15 is 0 Å². The molecule has 1 aliphatic rings. The molecule has 2 aromatic carbocycles. The number of benzene rings is 2. The molecule has 0 radical (unpaired) electrons. The standard InChI is InChI=1S/C23H25NO4/c1-17(25)24-23(15-27-22(2,3)28-16-23)14-13-18-9-11-20(12-10-18)21(26)19-7-5-4-6-8-19/h4-14H,15-16H2,1-3H3,(H,24,25)/b14-13+. The van der Waals surface area contributed by atoms with Gasteiger partial charge in [0.15, 0.2) is 11.6 Å². The molecule has 0 unspecified atom stereocenters. The molecule has 1 N–H and O–H groups in total. The minimum absolute atomic E-state index is 0.0119. The number of hydrogen-bond donors (Lipinski definition) is 1. The van der Waals surface area contributed by atoms with Crippen LogP contribution < -0.4 is 5.32 Å². The van der Waals surface area contributed by atoms with Crippen LogP contribution in [0.2, 0.25) is 0 Å². The van der Waals surface area contributed by atoms with Crippen molar-refractivity contribution in [1.82, 2.24) is 5.32 Å². The lowest BCUT2D eigenvalue weighted by Gasteiger charge is -2.42. The van der Waals surface area contributed by atoms with Crippen molar-refractivity contribution in [2.45, 2.75) is 32.1 Å². The highest BCUT2D eigenvalue weighted by atomic mass is 16.7. The smallest absolute Gasteiger partial charge is 0.217 e.